The number of carbonyl (C=O) groups excluding carboxylic acids is 3. The van der Waals surface area contributed by atoms with Crippen LogP contribution in [0.25, 0.3) is 6.08 Å². The summed E-state index contributed by atoms with van der Waals surface area (Å²) in [6.07, 6.45) is 2.58. The van der Waals surface area contributed by atoms with Gasteiger partial charge in [0.2, 0.25) is 0 Å². The highest BCUT2D eigenvalue weighted by Gasteiger charge is 2.38. The number of imide groups is 2. The first-order chi connectivity index (χ1) is 15.1. The van der Waals surface area contributed by atoms with Crippen LogP contribution in [0.4, 0.5) is 16.2 Å². The van der Waals surface area contributed by atoms with Crippen molar-refractivity contribution in [2.45, 2.75) is 45.6 Å². The van der Waals surface area contributed by atoms with Crippen molar-refractivity contribution in [3.05, 3.63) is 63.6 Å². The van der Waals surface area contributed by atoms with Crippen LogP contribution in [0.1, 0.15) is 51.2 Å². The van der Waals surface area contributed by atoms with Crippen molar-refractivity contribution in [1.29, 1.82) is 0 Å². The van der Waals surface area contributed by atoms with Gasteiger partial charge in [0.05, 0.1) is 5.69 Å². The molecule has 0 saturated carbocycles. The fourth-order valence-corrected chi connectivity index (χ4v) is 5.11. The quantitative estimate of drug-likeness (QED) is 0.467. The Kier molecular flexibility index (Phi) is 5.71. The molecule has 0 aliphatic carbocycles. The molecule has 32 heavy (non-hydrogen) atoms. The van der Waals surface area contributed by atoms with Crippen LogP contribution >= 0.6 is 15.9 Å². The summed E-state index contributed by atoms with van der Waals surface area (Å²) in [5.41, 5.74) is 3.54. The van der Waals surface area contributed by atoms with Gasteiger partial charge < -0.3 is 4.90 Å². The molecule has 0 unspecified atom stereocenters. The van der Waals surface area contributed by atoms with E-state index in [9.17, 15) is 14.4 Å². The van der Waals surface area contributed by atoms with Crippen LogP contribution in [-0.2, 0) is 9.59 Å². The molecule has 2 aliphatic rings. The number of nitrogens with zero attached hydrogens (tertiary/aromatic N) is 2. The lowest BCUT2D eigenvalue weighted by atomic mass is 9.79. The fourth-order valence-electron chi connectivity index (χ4n) is 4.85. The number of benzene rings is 2. The lowest BCUT2D eigenvalue weighted by Crippen LogP contribution is -2.54. The first kappa shape index (κ1) is 22.3. The Labute approximate surface area is 196 Å². The number of urea groups is 1. The van der Waals surface area contributed by atoms with Gasteiger partial charge in [-0.1, -0.05) is 28.9 Å². The summed E-state index contributed by atoms with van der Waals surface area (Å²) in [4.78, 5) is 41.4. The summed E-state index contributed by atoms with van der Waals surface area (Å²) < 4.78 is 0.824. The fraction of sp³-hybridized carbons (Fsp3) is 0.320. The average molecular weight is 496 g/mol. The third-order valence-electron chi connectivity index (χ3n) is 6.22. The number of hydrogen-bond donors (Lipinski definition) is 1. The maximum absolute atomic E-state index is 13.1. The zero-order chi connectivity index (χ0) is 23.2. The van der Waals surface area contributed by atoms with Gasteiger partial charge in [-0.2, -0.15) is 0 Å². The molecule has 1 saturated heterocycles. The molecule has 6 nitrogen and oxygen atoms in total. The number of rotatable bonds is 3. The highest BCUT2D eigenvalue weighted by atomic mass is 79.9. The van der Waals surface area contributed by atoms with Gasteiger partial charge in [0, 0.05) is 22.2 Å². The van der Waals surface area contributed by atoms with E-state index >= 15 is 0 Å². The van der Waals surface area contributed by atoms with E-state index in [0.29, 0.717) is 11.6 Å². The predicted octanol–water partition coefficient (Wildman–Crippen LogP) is 5.23. The molecule has 4 rings (SSSR count). The van der Waals surface area contributed by atoms with Gasteiger partial charge in [0.1, 0.15) is 5.57 Å². The Balaban J connectivity index is 1.72. The smallest absolute Gasteiger partial charge is 0.335 e. The van der Waals surface area contributed by atoms with Crippen molar-refractivity contribution in [1.82, 2.24) is 5.32 Å². The number of barbiturate groups is 1. The molecule has 2 aliphatic heterocycles. The van der Waals surface area contributed by atoms with Crippen LogP contribution in [0.15, 0.2) is 52.5 Å². The standard InChI is InChI=1S/C25H26BrN3O3/c1-5-28-21-11-6-16(12-19(21)15(2)14-25(28,3)4)13-20-22(30)27-24(32)29(23(20)31)18-9-7-17(26)8-10-18/h6-13,15H,5,14H2,1-4H3,(H,27,30,32)/b20-13+/t15-/m1/s1. The van der Waals surface area contributed by atoms with E-state index in [1.807, 2.05) is 12.1 Å². The van der Waals surface area contributed by atoms with Crippen molar-refractivity contribution in [3.63, 3.8) is 0 Å². The van der Waals surface area contributed by atoms with Crippen LogP contribution < -0.4 is 15.1 Å². The van der Waals surface area contributed by atoms with E-state index in [-0.39, 0.29) is 11.1 Å². The number of nitrogens with one attached hydrogen (secondary N) is 1. The van der Waals surface area contributed by atoms with E-state index in [4.69, 9.17) is 0 Å². The lowest BCUT2D eigenvalue weighted by Gasteiger charge is -2.47. The number of carbonyl (C=O) groups is 3. The van der Waals surface area contributed by atoms with Gasteiger partial charge in [-0.15, -0.1) is 0 Å². The molecule has 1 fully saturated rings. The van der Waals surface area contributed by atoms with Crippen LogP contribution in [0.2, 0.25) is 0 Å². The normalized spacial score (nSPS) is 21.6. The first-order valence-electron chi connectivity index (χ1n) is 10.7. The number of amides is 4. The van der Waals surface area contributed by atoms with E-state index in [1.54, 1.807) is 30.3 Å². The van der Waals surface area contributed by atoms with Crippen LogP contribution in [0, 0.1) is 0 Å². The minimum atomic E-state index is -0.751. The van der Waals surface area contributed by atoms with E-state index in [0.717, 1.165) is 27.9 Å². The van der Waals surface area contributed by atoms with Gasteiger partial charge in [0.25, 0.3) is 11.8 Å². The molecule has 0 spiro atoms. The molecule has 0 bridgehead atoms. The highest BCUT2D eigenvalue weighted by molar-refractivity contribution is 9.10. The topological polar surface area (TPSA) is 69.7 Å². The SMILES string of the molecule is CCN1c2ccc(/C=C3\C(=O)NC(=O)N(c4ccc(Br)cc4)C3=O)cc2[C@H](C)CC1(C)C. The monoisotopic (exact) mass is 495 g/mol. The molecule has 2 aromatic carbocycles. The molecule has 1 atom stereocenters. The van der Waals surface area contributed by atoms with Gasteiger partial charge >= 0.3 is 6.03 Å². The largest absolute Gasteiger partial charge is 0.366 e. The number of fused-ring (bicyclic) bond motifs is 1. The summed E-state index contributed by atoms with van der Waals surface area (Å²) in [6, 6.07) is 12.1. The predicted molar refractivity (Wildman–Crippen MR) is 130 cm³/mol. The summed E-state index contributed by atoms with van der Waals surface area (Å²) in [5.74, 6) is -0.975. The Morgan fingerprint density at radius 1 is 1.12 bits per heavy atom. The van der Waals surface area contributed by atoms with Gasteiger partial charge in [-0.25, -0.2) is 9.69 Å². The van der Waals surface area contributed by atoms with Crippen LogP contribution in [-0.4, -0.2) is 29.9 Å². The van der Waals surface area contributed by atoms with Gasteiger partial charge in [-0.05, 0) is 86.7 Å². The maximum atomic E-state index is 13.1. The molecule has 1 N–H and O–H groups in total. The number of halogens is 1. The molecule has 4 amide bonds. The Morgan fingerprint density at radius 2 is 1.81 bits per heavy atom. The summed E-state index contributed by atoms with van der Waals surface area (Å²) in [6.45, 7) is 9.76. The second-order valence-corrected chi connectivity index (χ2v) is 9.83. The number of anilines is 2. The minimum Gasteiger partial charge on any atom is -0.366 e. The maximum Gasteiger partial charge on any atom is 0.335 e. The molecule has 0 radical (unpaired) electrons. The van der Waals surface area contributed by atoms with Crippen molar-refractivity contribution < 1.29 is 14.4 Å². The second-order valence-electron chi connectivity index (χ2n) is 8.91. The van der Waals surface area contributed by atoms with Crippen molar-refractivity contribution in [2.24, 2.45) is 0 Å². The highest BCUT2D eigenvalue weighted by Crippen LogP contribution is 2.43. The zero-order valence-electron chi connectivity index (χ0n) is 18.6. The third kappa shape index (κ3) is 3.86. The summed E-state index contributed by atoms with van der Waals surface area (Å²) in [5, 5.41) is 2.28. The first-order valence-corrected chi connectivity index (χ1v) is 11.5. The molecule has 7 heteroatoms. The summed E-state index contributed by atoms with van der Waals surface area (Å²) >= 11 is 3.34. The van der Waals surface area contributed by atoms with Crippen LogP contribution in [0.5, 0.6) is 0 Å². The summed E-state index contributed by atoms with van der Waals surface area (Å²) in [7, 11) is 0. The molecule has 2 heterocycles. The minimum absolute atomic E-state index is 0.0614. The molecule has 0 aromatic heterocycles. The second kappa shape index (κ2) is 8.20. The van der Waals surface area contributed by atoms with Gasteiger partial charge in [-0.3, -0.25) is 14.9 Å². The Morgan fingerprint density at radius 3 is 2.47 bits per heavy atom. The molecule has 2 aromatic rings. The van der Waals surface area contributed by atoms with E-state index in [2.05, 4.69) is 59.9 Å². The van der Waals surface area contributed by atoms with Crippen molar-refractivity contribution in [3.8, 4) is 0 Å². The molecule has 166 valence electrons. The lowest BCUT2D eigenvalue weighted by molar-refractivity contribution is -0.122. The van der Waals surface area contributed by atoms with E-state index in [1.165, 1.54) is 11.3 Å². The third-order valence-corrected chi connectivity index (χ3v) is 6.75. The average Bonchev–Trinajstić information content (AvgIpc) is 2.72. The zero-order valence-corrected chi connectivity index (χ0v) is 20.2. The van der Waals surface area contributed by atoms with Gasteiger partial charge in [0.15, 0.2) is 0 Å². The molecular weight excluding hydrogens is 470 g/mol. The Bertz CT molecular complexity index is 1140. The van der Waals surface area contributed by atoms with Crippen molar-refractivity contribution >= 4 is 51.2 Å². The number of hydrogen-bond acceptors (Lipinski definition) is 4. The molecular formula is C25H26BrN3O3. The van der Waals surface area contributed by atoms with Crippen LogP contribution in [0.3, 0.4) is 0 Å². The Hall–Kier alpha value is -2.93. The van der Waals surface area contributed by atoms with Crippen molar-refractivity contribution in [2.75, 3.05) is 16.3 Å². The van der Waals surface area contributed by atoms with E-state index < -0.39 is 17.8 Å².